The molecule has 0 heterocycles. The monoisotopic (exact) mass is 264 g/mol. The highest BCUT2D eigenvalue weighted by molar-refractivity contribution is 7.87. The van der Waals surface area contributed by atoms with Crippen LogP contribution in [0.3, 0.4) is 0 Å². The number of rotatable bonds is 5. The fraction of sp³-hybridized carbons (Fsp3) is 0.400. The van der Waals surface area contributed by atoms with Crippen LogP contribution in [0.2, 0.25) is 0 Å². The fourth-order valence-corrected chi connectivity index (χ4v) is 1.77. The van der Waals surface area contributed by atoms with Crippen molar-refractivity contribution in [2.75, 3.05) is 20.6 Å². The van der Waals surface area contributed by atoms with Crippen molar-refractivity contribution in [2.24, 2.45) is 0 Å². The van der Waals surface area contributed by atoms with Crippen LogP contribution in [0.25, 0.3) is 0 Å². The first kappa shape index (κ1) is 14.0. The minimum absolute atomic E-state index is 0.131. The van der Waals surface area contributed by atoms with E-state index in [0.29, 0.717) is 12.0 Å². The quantitative estimate of drug-likeness (QED) is 0.859. The van der Waals surface area contributed by atoms with E-state index in [2.05, 4.69) is 4.72 Å². The van der Waals surface area contributed by atoms with Crippen LogP contribution in [0, 0.1) is 11.6 Å². The molecule has 0 saturated heterocycles. The minimum atomic E-state index is -3.47. The van der Waals surface area contributed by atoms with Gasteiger partial charge < -0.3 is 0 Å². The van der Waals surface area contributed by atoms with Gasteiger partial charge in [0.25, 0.3) is 10.2 Å². The zero-order chi connectivity index (χ0) is 13.1. The van der Waals surface area contributed by atoms with E-state index in [9.17, 15) is 17.2 Å². The maximum absolute atomic E-state index is 12.8. The molecule has 1 N–H and O–H groups in total. The van der Waals surface area contributed by atoms with Gasteiger partial charge in [-0.3, -0.25) is 0 Å². The lowest BCUT2D eigenvalue weighted by Crippen LogP contribution is -2.36. The van der Waals surface area contributed by atoms with Gasteiger partial charge in [0, 0.05) is 20.6 Å². The molecule has 0 aromatic heterocycles. The molecule has 0 fully saturated rings. The van der Waals surface area contributed by atoms with E-state index >= 15 is 0 Å². The second kappa shape index (κ2) is 5.52. The number of hydrogen-bond acceptors (Lipinski definition) is 2. The van der Waals surface area contributed by atoms with E-state index in [1.165, 1.54) is 20.2 Å². The van der Waals surface area contributed by atoms with Gasteiger partial charge in [-0.25, -0.2) is 13.5 Å². The van der Waals surface area contributed by atoms with Crippen molar-refractivity contribution in [2.45, 2.75) is 6.42 Å². The molecule has 4 nitrogen and oxygen atoms in total. The fourth-order valence-electron chi connectivity index (χ4n) is 1.15. The Morgan fingerprint density at radius 3 is 2.41 bits per heavy atom. The molecule has 0 aliphatic rings. The molecule has 1 aromatic rings. The van der Waals surface area contributed by atoms with Gasteiger partial charge in [0.2, 0.25) is 0 Å². The average Bonchev–Trinajstić information content (AvgIpc) is 2.23. The van der Waals surface area contributed by atoms with Gasteiger partial charge in [0.15, 0.2) is 11.6 Å². The molecule has 0 bridgehead atoms. The topological polar surface area (TPSA) is 49.4 Å². The summed E-state index contributed by atoms with van der Waals surface area (Å²) in [6.45, 7) is 0.131. The van der Waals surface area contributed by atoms with Crippen LogP contribution in [0.1, 0.15) is 5.56 Å². The Hall–Kier alpha value is -1.05. The summed E-state index contributed by atoms with van der Waals surface area (Å²) in [6, 6.07) is 3.49. The zero-order valence-corrected chi connectivity index (χ0v) is 10.4. The summed E-state index contributed by atoms with van der Waals surface area (Å²) in [5.74, 6) is -1.85. The molecule has 7 heteroatoms. The molecule has 17 heavy (non-hydrogen) atoms. The number of hydrogen-bond donors (Lipinski definition) is 1. The first-order valence-electron chi connectivity index (χ1n) is 4.94. The highest BCUT2D eigenvalue weighted by atomic mass is 32.2. The molecule has 1 aromatic carbocycles. The SMILES string of the molecule is CN(C)S(=O)(=O)NCCc1ccc(F)c(F)c1. The highest BCUT2D eigenvalue weighted by Crippen LogP contribution is 2.08. The Morgan fingerprint density at radius 1 is 1.24 bits per heavy atom. The molecule has 96 valence electrons. The van der Waals surface area contributed by atoms with E-state index in [4.69, 9.17) is 0 Å². The van der Waals surface area contributed by atoms with Crippen LogP contribution >= 0.6 is 0 Å². The summed E-state index contributed by atoms with van der Waals surface area (Å²) in [5.41, 5.74) is 0.533. The van der Waals surface area contributed by atoms with Gasteiger partial charge in [0.05, 0.1) is 0 Å². The summed E-state index contributed by atoms with van der Waals surface area (Å²) in [6.07, 6.45) is 0.296. The van der Waals surface area contributed by atoms with Gasteiger partial charge in [-0.2, -0.15) is 12.7 Å². The third-order valence-corrected chi connectivity index (χ3v) is 3.69. The molecular weight excluding hydrogens is 250 g/mol. The van der Waals surface area contributed by atoms with Crippen LogP contribution in [0.5, 0.6) is 0 Å². The summed E-state index contributed by atoms with van der Waals surface area (Å²) >= 11 is 0. The average molecular weight is 264 g/mol. The molecule has 0 atom stereocenters. The van der Waals surface area contributed by atoms with E-state index in [1.807, 2.05) is 0 Å². The lowest BCUT2D eigenvalue weighted by atomic mass is 10.1. The van der Waals surface area contributed by atoms with E-state index < -0.39 is 21.8 Å². The van der Waals surface area contributed by atoms with Crippen molar-refractivity contribution in [1.29, 1.82) is 0 Å². The zero-order valence-electron chi connectivity index (χ0n) is 9.57. The number of nitrogens with zero attached hydrogens (tertiary/aromatic N) is 1. The smallest absolute Gasteiger partial charge is 0.204 e. The number of halogens is 2. The standard InChI is InChI=1S/C10H14F2N2O2S/c1-14(2)17(15,16)13-6-5-8-3-4-9(11)10(12)7-8/h3-4,7,13H,5-6H2,1-2H3. The second-order valence-corrected chi connectivity index (χ2v) is 5.65. The van der Waals surface area contributed by atoms with Crippen molar-refractivity contribution in [3.8, 4) is 0 Å². The van der Waals surface area contributed by atoms with Crippen molar-refractivity contribution in [3.05, 3.63) is 35.4 Å². The Balaban J connectivity index is 2.55. The van der Waals surface area contributed by atoms with Crippen molar-refractivity contribution < 1.29 is 17.2 Å². The Kier molecular flexibility index (Phi) is 4.55. The van der Waals surface area contributed by atoms with Gasteiger partial charge in [0.1, 0.15) is 0 Å². The largest absolute Gasteiger partial charge is 0.278 e. The second-order valence-electron chi connectivity index (χ2n) is 3.68. The van der Waals surface area contributed by atoms with Crippen LogP contribution in [0.4, 0.5) is 8.78 Å². The molecule has 0 saturated carbocycles. The molecular formula is C10H14F2N2O2S. The first-order chi connectivity index (χ1) is 7.83. The van der Waals surface area contributed by atoms with E-state index in [1.54, 1.807) is 0 Å². The normalized spacial score (nSPS) is 12.1. The maximum atomic E-state index is 12.8. The Morgan fingerprint density at radius 2 is 1.88 bits per heavy atom. The molecule has 0 amide bonds. The summed E-state index contributed by atoms with van der Waals surface area (Å²) in [5, 5.41) is 0. The van der Waals surface area contributed by atoms with Gasteiger partial charge in [-0.15, -0.1) is 0 Å². The molecule has 0 unspecified atom stereocenters. The van der Waals surface area contributed by atoms with Gasteiger partial charge >= 0.3 is 0 Å². The predicted molar refractivity (Wildman–Crippen MR) is 60.7 cm³/mol. The molecule has 0 radical (unpaired) electrons. The third kappa shape index (κ3) is 4.03. The summed E-state index contributed by atoms with van der Waals surface area (Å²) in [7, 11) is -0.666. The minimum Gasteiger partial charge on any atom is -0.204 e. The van der Waals surface area contributed by atoms with Crippen LogP contribution in [-0.4, -0.2) is 33.4 Å². The Labute approximate surface area is 99.4 Å². The number of nitrogens with one attached hydrogen (secondary N) is 1. The van der Waals surface area contributed by atoms with E-state index in [-0.39, 0.29) is 6.54 Å². The highest BCUT2D eigenvalue weighted by Gasteiger charge is 2.11. The number of benzene rings is 1. The van der Waals surface area contributed by atoms with Crippen LogP contribution in [-0.2, 0) is 16.6 Å². The van der Waals surface area contributed by atoms with E-state index in [0.717, 1.165) is 16.4 Å². The molecule has 1 rings (SSSR count). The summed E-state index contributed by atoms with van der Waals surface area (Å²) in [4.78, 5) is 0. The predicted octanol–water partition coefficient (Wildman–Crippen LogP) is 0.903. The maximum Gasteiger partial charge on any atom is 0.278 e. The van der Waals surface area contributed by atoms with Crippen LogP contribution < -0.4 is 4.72 Å². The van der Waals surface area contributed by atoms with Crippen molar-refractivity contribution >= 4 is 10.2 Å². The van der Waals surface area contributed by atoms with Crippen molar-refractivity contribution in [3.63, 3.8) is 0 Å². The van der Waals surface area contributed by atoms with Crippen molar-refractivity contribution in [1.82, 2.24) is 9.03 Å². The lowest BCUT2D eigenvalue weighted by molar-refractivity contribution is 0.503. The Bertz CT molecular complexity index is 489. The van der Waals surface area contributed by atoms with Gasteiger partial charge in [-0.1, -0.05) is 6.07 Å². The third-order valence-electron chi connectivity index (χ3n) is 2.16. The molecule has 0 aliphatic heterocycles. The lowest BCUT2D eigenvalue weighted by Gasteiger charge is -2.12. The first-order valence-corrected chi connectivity index (χ1v) is 6.38. The van der Waals surface area contributed by atoms with Crippen LogP contribution in [0.15, 0.2) is 18.2 Å². The van der Waals surface area contributed by atoms with Gasteiger partial charge in [-0.05, 0) is 24.1 Å². The summed E-state index contributed by atoms with van der Waals surface area (Å²) < 4.78 is 51.5. The molecule has 0 spiro atoms. The molecule has 0 aliphatic carbocycles.